The summed E-state index contributed by atoms with van der Waals surface area (Å²) in [7, 11) is 0. The van der Waals surface area contributed by atoms with Crippen LogP contribution in [0, 0.1) is 0 Å². The van der Waals surface area contributed by atoms with Crippen molar-refractivity contribution in [1.29, 1.82) is 0 Å². The van der Waals surface area contributed by atoms with Gasteiger partial charge >= 0.3 is 0 Å². The van der Waals surface area contributed by atoms with E-state index in [0.29, 0.717) is 19.1 Å². The van der Waals surface area contributed by atoms with Gasteiger partial charge in [0.15, 0.2) is 0 Å². The summed E-state index contributed by atoms with van der Waals surface area (Å²) < 4.78 is 10.8. The van der Waals surface area contributed by atoms with E-state index in [0.717, 1.165) is 18.5 Å². The first-order chi connectivity index (χ1) is 7.88. The molecule has 0 amide bonds. The van der Waals surface area contributed by atoms with Crippen LogP contribution < -0.4 is 0 Å². The summed E-state index contributed by atoms with van der Waals surface area (Å²) >= 11 is 3.52. The Morgan fingerprint density at radius 3 is 2.44 bits per heavy atom. The van der Waals surface area contributed by atoms with Gasteiger partial charge in [-0.2, -0.15) is 0 Å². The Morgan fingerprint density at radius 1 is 1.12 bits per heavy atom. The second-order valence-corrected chi connectivity index (χ2v) is 4.18. The molecule has 0 aliphatic heterocycles. The number of rotatable bonds is 8. The van der Waals surface area contributed by atoms with Crippen molar-refractivity contribution in [3.63, 3.8) is 0 Å². The van der Waals surface area contributed by atoms with Gasteiger partial charge in [-0.3, -0.25) is 0 Å². The van der Waals surface area contributed by atoms with Crippen LogP contribution >= 0.6 is 15.9 Å². The fourth-order valence-electron chi connectivity index (χ4n) is 1.44. The van der Waals surface area contributed by atoms with Crippen LogP contribution in [-0.4, -0.2) is 31.8 Å². The largest absolute Gasteiger partial charge is 0.379 e. The summed E-state index contributed by atoms with van der Waals surface area (Å²) in [6.07, 6.45) is 0. The van der Waals surface area contributed by atoms with Crippen LogP contribution in [-0.2, 0) is 9.47 Å². The van der Waals surface area contributed by atoms with Crippen LogP contribution in [0.25, 0.3) is 0 Å². The first-order valence-corrected chi connectivity index (χ1v) is 6.77. The van der Waals surface area contributed by atoms with Crippen molar-refractivity contribution in [1.82, 2.24) is 0 Å². The Labute approximate surface area is 106 Å². The Hall–Kier alpha value is -0.380. The molecule has 0 N–H and O–H groups in total. The lowest BCUT2D eigenvalue weighted by molar-refractivity contribution is 0.0488. The highest BCUT2D eigenvalue weighted by Gasteiger charge is 2.09. The first kappa shape index (κ1) is 13.7. The standard InChI is InChI=1S/C13H19BrO2/c1-2-15-8-9-16-11-13(10-14)12-6-4-3-5-7-12/h3-7,13H,2,8-11H2,1H3. The van der Waals surface area contributed by atoms with E-state index in [4.69, 9.17) is 9.47 Å². The third-order valence-electron chi connectivity index (χ3n) is 2.35. The smallest absolute Gasteiger partial charge is 0.0700 e. The van der Waals surface area contributed by atoms with Crippen LogP contribution in [0.5, 0.6) is 0 Å². The molecule has 0 aliphatic carbocycles. The van der Waals surface area contributed by atoms with Crippen LogP contribution in [0.4, 0.5) is 0 Å². The van der Waals surface area contributed by atoms with E-state index < -0.39 is 0 Å². The van der Waals surface area contributed by atoms with Crippen molar-refractivity contribution in [3.8, 4) is 0 Å². The predicted octanol–water partition coefficient (Wildman–Crippen LogP) is 3.22. The second kappa shape index (κ2) is 8.74. The maximum Gasteiger partial charge on any atom is 0.0700 e. The van der Waals surface area contributed by atoms with Gasteiger partial charge in [0.25, 0.3) is 0 Å². The van der Waals surface area contributed by atoms with Gasteiger partial charge in [-0.25, -0.2) is 0 Å². The molecule has 0 saturated heterocycles. The van der Waals surface area contributed by atoms with Crippen molar-refractivity contribution in [3.05, 3.63) is 35.9 Å². The van der Waals surface area contributed by atoms with Gasteiger partial charge in [-0.1, -0.05) is 46.3 Å². The number of halogens is 1. The molecule has 0 aliphatic rings. The third-order valence-corrected chi connectivity index (χ3v) is 3.13. The molecule has 0 heterocycles. The SMILES string of the molecule is CCOCCOCC(CBr)c1ccccc1. The average Bonchev–Trinajstić information content (AvgIpc) is 2.35. The minimum Gasteiger partial charge on any atom is -0.379 e. The number of ether oxygens (including phenoxy) is 2. The Morgan fingerprint density at radius 2 is 1.81 bits per heavy atom. The van der Waals surface area contributed by atoms with Gasteiger partial charge in [-0.05, 0) is 12.5 Å². The monoisotopic (exact) mass is 286 g/mol. The van der Waals surface area contributed by atoms with E-state index in [1.54, 1.807) is 0 Å². The maximum absolute atomic E-state index is 5.59. The van der Waals surface area contributed by atoms with Crippen LogP contribution in [0.2, 0.25) is 0 Å². The van der Waals surface area contributed by atoms with Crippen molar-refractivity contribution >= 4 is 15.9 Å². The molecule has 3 heteroatoms. The van der Waals surface area contributed by atoms with E-state index in [2.05, 4.69) is 40.2 Å². The Balaban J connectivity index is 2.27. The van der Waals surface area contributed by atoms with E-state index in [9.17, 15) is 0 Å². The highest BCUT2D eigenvalue weighted by molar-refractivity contribution is 9.09. The highest BCUT2D eigenvalue weighted by Crippen LogP contribution is 2.18. The number of benzene rings is 1. The Kier molecular flexibility index (Phi) is 7.47. The van der Waals surface area contributed by atoms with Crippen LogP contribution in [0.1, 0.15) is 18.4 Å². The zero-order valence-electron chi connectivity index (χ0n) is 9.69. The molecule has 16 heavy (non-hydrogen) atoms. The average molecular weight is 287 g/mol. The lowest BCUT2D eigenvalue weighted by Crippen LogP contribution is -2.12. The molecule has 2 nitrogen and oxygen atoms in total. The summed E-state index contributed by atoms with van der Waals surface area (Å²) in [4.78, 5) is 0. The summed E-state index contributed by atoms with van der Waals surface area (Å²) in [6, 6.07) is 10.4. The van der Waals surface area contributed by atoms with E-state index in [1.165, 1.54) is 5.56 Å². The normalized spacial score (nSPS) is 12.6. The van der Waals surface area contributed by atoms with Gasteiger partial charge < -0.3 is 9.47 Å². The molecular formula is C13H19BrO2. The molecule has 0 bridgehead atoms. The number of hydrogen-bond acceptors (Lipinski definition) is 2. The lowest BCUT2D eigenvalue weighted by atomic mass is 10.0. The van der Waals surface area contributed by atoms with E-state index in [1.807, 2.05) is 13.0 Å². The van der Waals surface area contributed by atoms with Gasteiger partial charge in [0.05, 0.1) is 19.8 Å². The van der Waals surface area contributed by atoms with Crippen LogP contribution in [0.3, 0.4) is 0 Å². The quantitative estimate of drug-likeness (QED) is 0.540. The minimum absolute atomic E-state index is 0.419. The molecule has 0 radical (unpaired) electrons. The fourth-order valence-corrected chi connectivity index (χ4v) is 2.00. The summed E-state index contributed by atoms with van der Waals surface area (Å²) in [5, 5.41) is 0.922. The molecule has 0 spiro atoms. The highest BCUT2D eigenvalue weighted by atomic mass is 79.9. The van der Waals surface area contributed by atoms with E-state index >= 15 is 0 Å². The molecule has 1 unspecified atom stereocenters. The molecular weight excluding hydrogens is 268 g/mol. The first-order valence-electron chi connectivity index (χ1n) is 5.64. The molecule has 1 atom stereocenters. The van der Waals surface area contributed by atoms with Crippen molar-refractivity contribution < 1.29 is 9.47 Å². The van der Waals surface area contributed by atoms with Crippen LogP contribution in [0.15, 0.2) is 30.3 Å². The Bertz CT molecular complexity index is 264. The van der Waals surface area contributed by atoms with Gasteiger partial charge in [0, 0.05) is 17.9 Å². The molecule has 1 rings (SSSR count). The zero-order chi connectivity index (χ0) is 11.6. The number of hydrogen-bond donors (Lipinski definition) is 0. The van der Waals surface area contributed by atoms with Crippen molar-refractivity contribution in [2.75, 3.05) is 31.8 Å². The molecule has 0 saturated carbocycles. The van der Waals surface area contributed by atoms with Gasteiger partial charge in [0.2, 0.25) is 0 Å². The molecule has 1 aromatic carbocycles. The predicted molar refractivity (Wildman–Crippen MR) is 70.3 cm³/mol. The molecule has 1 aromatic rings. The summed E-state index contributed by atoms with van der Waals surface area (Å²) in [5.74, 6) is 0.419. The molecule has 0 fully saturated rings. The lowest BCUT2D eigenvalue weighted by Gasteiger charge is -2.14. The molecule has 0 aromatic heterocycles. The zero-order valence-corrected chi connectivity index (χ0v) is 11.3. The summed E-state index contributed by atoms with van der Waals surface area (Å²) in [5.41, 5.74) is 1.32. The van der Waals surface area contributed by atoms with Gasteiger partial charge in [-0.15, -0.1) is 0 Å². The van der Waals surface area contributed by atoms with Gasteiger partial charge in [0.1, 0.15) is 0 Å². The topological polar surface area (TPSA) is 18.5 Å². The fraction of sp³-hybridized carbons (Fsp3) is 0.538. The maximum atomic E-state index is 5.59. The van der Waals surface area contributed by atoms with E-state index in [-0.39, 0.29) is 0 Å². The van der Waals surface area contributed by atoms with Crippen molar-refractivity contribution in [2.45, 2.75) is 12.8 Å². The third kappa shape index (κ3) is 5.10. The molecule has 90 valence electrons. The number of alkyl halides is 1. The minimum atomic E-state index is 0.419. The van der Waals surface area contributed by atoms with Crippen molar-refractivity contribution in [2.24, 2.45) is 0 Å². The summed E-state index contributed by atoms with van der Waals surface area (Å²) in [6.45, 7) is 4.84. The second-order valence-electron chi connectivity index (χ2n) is 3.53.